The van der Waals surface area contributed by atoms with E-state index < -0.39 is 0 Å². The molecule has 1 heterocycles. The van der Waals surface area contributed by atoms with Gasteiger partial charge in [0.1, 0.15) is 0 Å². The summed E-state index contributed by atoms with van der Waals surface area (Å²) in [6.07, 6.45) is 0. The molecule has 0 radical (unpaired) electrons. The molecule has 0 aliphatic carbocycles. The standard InChI is InChI=1S/C15H21ClN2O/c1-12-3-4-14(13(2)11-12)15(19)18-9-7-17(6-5-16)8-10-18/h3-4,11H,5-10H2,1-2H3. The highest BCUT2D eigenvalue weighted by atomic mass is 35.5. The van der Waals surface area contributed by atoms with Gasteiger partial charge in [-0.1, -0.05) is 17.7 Å². The van der Waals surface area contributed by atoms with Crippen LogP contribution in [-0.2, 0) is 0 Å². The Morgan fingerprint density at radius 3 is 2.47 bits per heavy atom. The van der Waals surface area contributed by atoms with Crippen LogP contribution in [-0.4, -0.2) is 54.3 Å². The van der Waals surface area contributed by atoms with Crippen molar-refractivity contribution in [1.82, 2.24) is 9.80 Å². The second-order valence-corrected chi connectivity index (χ2v) is 5.52. The van der Waals surface area contributed by atoms with Gasteiger partial charge in [-0.15, -0.1) is 11.6 Å². The highest BCUT2D eigenvalue weighted by molar-refractivity contribution is 6.18. The fourth-order valence-electron chi connectivity index (χ4n) is 2.52. The van der Waals surface area contributed by atoms with Gasteiger partial charge >= 0.3 is 0 Å². The number of carbonyl (C=O) groups is 1. The van der Waals surface area contributed by atoms with Crippen molar-refractivity contribution in [3.8, 4) is 0 Å². The van der Waals surface area contributed by atoms with Crippen molar-refractivity contribution >= 4 is 17.5 Å². The molecule has 1 aliphatic rings. The molecule has 0 N–H and O–H groups in total. The van der Waals surface area contributed by atoms with Crippen molar-refractivity contribution in [3.63, 3.8) is 0 Å². The third kappa shape index (κ3) is 3.48. The molecule has 1 amide bonds. The number of hydrogen-bond donors (Lipinski definition) is 0. The summed E-state index contributed by atoms with van der Waals surface area (Å²) in [6.45, 7) is 8.39. The summed E-state index contributed by atoms with van der Waals surface area (Å²) in [6, 6.07) is 6.01. The van der Waals surface area contributed by atoms with Gasteiger partial charge in [0.05, 0.1) is 0 Å². The van der Waals surface area contributed by atoms with E-state index in [1.165, 1.54) is 5.56 Å². The monoisotopic (exact) mass is 280 g/mol. The first-order chi connectivity index (χ1) is 9.11. The number of benzene rings is 1. The normalized spacial score (nSPS) is 16.7. The Morgan fingerprint density at radius 2 is 1.89 bits per heavy atom. The first-order valence-corrected chi connectivity index (χ1v) is 7.30. The molecule has 1 aromatic carbocycles. The van der Waals surface area contributed by atoms with E-state index in [-0.39, 0.29) is 5.91 Å². The fourth-order valence-corrected chi connectivity index (χ4v) is 2.76. The predicted molar refractivity (Wildman–Crippen MR) is 79.0 cm³/mol. The maximum Gasteiger partial charge on any atom is 0.254 e. The van der Waals surface area contributed by atoms with Crippen molar-refractivity contribution in [2.24, 2.45) is 0 Å². The molecule has 1 aliphatic heterocycles. The van der Waals surface area contributed by atoms with Crippen molar-refractivity contribution in [1.29, 1.82) is 0 Å². The van der Waals surface area contributed by atoms with Gasteiger partial charge in [-0.2, -0.15) is 0 Å². The van der Waals surface area contributed by atoms with Gasteiger partial charge in [0.25, 0.3) is 5.91 Å². The SMILES string of the molecule is Cc1ccc(C(=O)N2CCN(CCCl)CC2)c(C)c1. The number of amides is 1. The van der Waals surface area contributed by atoms with Crippen LogP contribution in [0, 0.1) is 13.8 Å². The molecule has 0 saturated carbocycles. The Kier molecular flexibility index (Phi) is 4.83. The van der Waals surface area contributed by atoms with Crippen LogP contribution in [0.3, 0.4) is 0 Å². The predicted octanol–water partition coefficient (Wildman–Crippen LogP) is 2.30. The molecule has 1 saturated heterocycles. The number of piperazine rings is 1. The topological polar surface area (TPSA) is 23.6 Å². The lowest BCUT2D eigenvalue weighted by Crippen LogP contribution is -2.49. The zero-order valence-corrected chi connectivity index (χ0v) is 12.4. The van der Waals surface area contributed by atoms with Crippen LogP contribution in [0.2, 0.25) is 0 Å². The lowest BCUT2D eigenvalue weighted by atomic mass is 10.0. The number of alkyl halides is 1. The first-order valence-electron chi connectivity index (χ1n) is 6.76. The zero-order valence-electron chi connectivity index (χ0n) is 11.7. The molecule has 104 valence electrons. The molecule has 1 aromatic rings. The van der Waals surface area contributed by atoms with E-state index in [1.807, 2.05) is 30.9 Å². The molecule has 0 atom stereocenters. The van der Waals surface area contributed by atoms with Crippen molar-refractivity contribution in [3.05, 3.63) is 34.9 Å². The van der Waals surface area contributed by atoms with Crippen LogP contribution in [0.5, 0.6) is 0 Å². The van der Waals surface area contributed by atoms with Crippen LogP contribution in [0.25, 0.3) is 0 Å². The molecular formula is C15H21ClN2O. The Labute approximate surface area is 120 Å². The molecule has 3 nitrogen and oxygen atoms in total. The minimum Gasteiger partial charge on any atom is -0.336 e. The summed E-state index contributed by atoms with van der Waals surface area (Å²) in [7, 11) is 0. The number of hydrogen-bond acceptors (Lipinski definition) is 2. The largest absolute Gasteiger partial charge is 0.336 e. The molecule has 4 heteroatoms. The van der Waals surface area contributed by atoms with Crippen molar-refractivity contribution < 1.29 is 4.79 Å². The lowest BCUT2D eigenvalue weighted by molar-refractivity contribution is 0.0643. The average molecular weight is 281 g/mol. The molecule has 0 bridgehead atoms. The van der Waals surface area contributed by atoms with Crippen LogP contribution in [0.1, 0.15) is 21.5 Å². The summed E-state index contributed by atoms with van der Waals surface area (Å²) in [5.74, 6) is 0.813. The first kappa shape index (κ1) is 14.4. The number of halogens is 1. The summed E-state index contributed by atoms with van der Waals surface area (Å²) < 4.78 is 0. The van der Waals surface area contributed by atoms with E-state index in [2.05, 4.69) is 11.0 Å². The smallest absolute Gasteiger partial charge is 0.254 e. The van der Waals surface area contributed by atoms with E-state index in [4.69, 9.17) is 11.6 Å². The quantitative estimate of drug-likeness (QED) is 0.793. The Balaban J connectivity index is 2.01. The third-order valence-corrected chi connectivity index (χ3v) is 3.84. The van der Waals surface area contributed by atoms with Crippen molar-refractivity contribution in [2.75, 3.05) is 38.6 Å². The second-order valence-electron chi connectivity index (χ2n) is 5.14. The van der Waals surface area contributed by atoms with Gasteiger partial charge in [-0.3, -0.25) is 9.69 Å². The van der Waals surface area contributed by atoms with Crippen LogP contribution in [0.15, 0.2) is 18.2 Å². The summed E-state index contributed by atoms with van der Waals surface area (Å²) in [5.41, 5.74) is 3.09. The van der Waals surface area contributed by atoms with Gasteiger partial charge in [0.15, 0.2) is 0 Å². The maximum absolute atomic E-state index is 12.5. The summed E-state index contributed by atoms with van der Waals surface area (Å²) in [4.78, 5) is 16.7. The molecule has 1 fully saturated rings. The number of rotatable bonds is 3. The fraction of sp³-hybridized carbons (Fsp3) is 0.533. The summed E-state index contributed by atoms with van der Waals surface area (Å²) in [5, 5.41) is 0. The van der Waals surface area contributed by atoms with Crippen LogP contribution in [0.4, 0.5) is 0 Å². The van der Waals surface area contributed by atoms with Gasteiger partial charge in [0, 0.05) is 44.2 Å². The lowest BCUT2D eigenvalue weighted by Gasteiger charge is -2.34. The van der Waals surface area contributed by atoms with Crippen molar-refractivity contribution in [2.45, 2.75) is 13.8 Å². The minimum absolute atomic E-state index is 0.156. The zero-order chi connectivity index (χ0) is 13.8. The van der Waals surface area contributed by atoms with Gasteiger partial charge < -0.3 is 4.90 Å². The maximum atomic E-state index is 12.5. The highest BCUT2D eigenvalue weighted by Gasteiger charge is 2.22. The van der Waals surface area contributed by atoms with E-state index >= 15 is 0 Å². The summed E-state index contributed by atoms with van der Waals surface area (Å²) >= 11 is 5.74. The van der Waals surface area contributed by atoms with E-state index in [0.717, 1.165) is 43.9 Å². The second kappa shape index (κ2) is 6.40. The van der Waals surface area contributed by atoms with Crippen LogP contribution < -0.4 is 0 Å². The highest BCUT2D eigenvalue weighted by Crippen LogP contribution is 2.14. The van der Waals surface area contributed by atoms with Crippen LogP contribution >= 0.6 is 11.6 Å². The van der Waals surface area contributed by atoms with E-state index in [0.29, 0.717) is 5.88 Å². The molecule has 2 rings (SSSR count). The third-order valence-electron chi connectivity index (χ3n) is 3.67. The molecule has 0 spiro atoms. The molecule has 0 aromatic heterocycles. The van der Waals surface area contributed by atoms with Gasteiger partial charge in [0.2, 0.25) is 0 Å². The van der Waals surface area contributed by atoms with Gasteiger partial charge in [-0.05, 0) is 25.5 Å². The van der Waals surface area contributed by atoms with E-state index in [1.54, 1.807) is 0 Å². The van der Waals surface area contributed by atoms with E-state index in [9.17, 15) is 4.79 Å². The Morgan fingerprint density at radius 1 is 1.21 bits per heavy atom. The number of carbonyl (C=O) groups excluding carboxylic acids is 1. The molecule has 0 unspecified atom stereocenters. The average Bonchev–Trinajstić information content (AvgIpc) is 2.39. The number of nitrogens with zero attached hydrogens (tertiary/aromatic N) is 2. The van der Waals surface area contributed by atoms with Gasteiger partial charge in [-0.25, -0.2) is 0 Å². The Bertz CT molecular complexity index is 453. The molecule has 19 heavy (non-hydrogen) atoms. The Hall–Kier alpha value is -1.06. The number of aryl methyl sites for hydroxylation is 2. The minimum atomic E-state index is 0.156. The molecular weight excluding hydrogens is 260 g/mol.